The van der Waals surface area contributed by atoms with Crippen LogP contribution in [0, 0.1) is 15.9 Å². The smallest absolute Gasteiger partial charge is 0.306 e. The van der Waals surface area contributed by atoms with Gasteiger partial charge in [-0.05, 0) is 24.3 Å². The summed E-state index contributed by atoms with van der Waals surface area (Å²) in [5.74, 6) is 3.75. The van der Waals surface area contributed by atoms with Crippen molar-refractivity contribution in [3.63, 3.8) is 0 Å². The van der Waals surface area contributed by atoms with E-state index in [0.717, 1.165) is 0 Å². The van der Waals surface area contributed by atoms with Crippen molar-refractivity contribution >= 4 is 23.0 Å². The summed E-state index contributed by atoms with van der Waals surface area (Å²) in [6, 6.07) is 9.56. The number of carbonyl (C=O) groups is 1. The topological polar surface area (TPSA) is 110 Å². The van der Waals surface area contributed by atoms with E-state index < -0.39 is 22.3 Å². The molecule has 0 saturated heterocycles. The maximum atomic E-state index is 13.5. The van der Waals surface area contributed by atoms with Gasteiger partial charge in [0.15, 0.2) is 0 Å². The highest BCUT2D eigenvalue weighted by Gasteiger charge is 2.24. The zero-order chi connectivity index (χ0) is 15.4. The highest BCUT2D eigenvalue weighted by molar-refractivity contribution is 6.08. The number of nitro benzene ring substituents is 1. The van der Waals surface area contributed by atoms with E-state index in [9.17, 15) is 19.3 Å². The Morgan fingerprint density at radius 2 is 1.81 bits per heavy atom. The van der Waals surface area contributed by atoms with Gasteiger partial charge in [-0.15, -0.1) is 0 Å². The van der Waals surface area contributed by atoms with E-state index in [1.54, 1.807) is 0 Å². The number of hydrazine groups is 1. The van der Waals surface area contributed by atoms with Gasteiger partial charge in [-0.25, -0.2) is 4.39 Å². The molecule has 7 nitrogen and oxygen atoms in total. The summed E-state index contributed by atoms with van der Waals surface area (Å²) in [5, 5.41) is 13.4. The van der Waals surface area contributed by atoms with Crippen LogP contribution in [0.5, 0.6) is 0 Å². The molecule has 0 saturated carbocycles. The normalized spacial score (nSPS) is 10.0. The minimum atomic E-state index is -0.802. The second kappa shape index (κ2) is 5.97. The van der Waals surface area contributed by atoms with Gasteiger partial charge in [-0.1, -0.05) is 18.2 Å². The SMILES string of the molecule is NNc1cccc(C(=O)Nc2ccccc2F)c1[N+](=O)[O-]. The van der Waals surface area contributed by atoms with E-state index in [0.29, 0.717) is 0 Å². The van der Waals surface area contributed by atoms with Crippen LogP contribution in [-0.2, 0) is 0 Å². The van der Waals surface area contributed by atoms with Gasteiger partial charge in [0, 0.05) is 0 Å². The Bertz CT molecular complexity index is 706. The molecule has 0 aromatic heterocycles. The molecule has 0 aliphatic rings. The highest BCUT2D eigenvalue weighted by atomic mass is 19.1. The summed E-state index contributed by atoms with van der Waals surface area (Å²) < 4.78 is 13.5. The largest absolute Gasteiger partial charge is 0.319 e. The lowest BCUT2D eigenvalue weighted by atomic mass is 10.1. The molecular weight excluding hydrogens is 279 g/mol. The zero-order valence-corrected chi connectivity index (χ0v) is 10.7. The number of anilines is 2. The summed E-state index contributed by atoms with van der Waals surface area (Å²) >= 11 is 0. The predicted molar refractivity (Wildman–Crippen MR) is 75.3 cm³/mol. The van der Waals surface area contributed by atoms with Gasteiger partial charge in [-0.3, -0.25) is 20.8 Å². The van der Waals surface area contributed by atoms with E-state index in [1.807, 2.05) is 0 Å². The molecule has 0 heterocycles. The second-order valence-electron chi connectivity index (χ2n) is 4.04. The van der Waals surface area contributed by atoms with Crippen LogP contribution in [0.1, 0.15) is 10.4 Å². The monoisotopic (exact) mass is 290 g/mol. The number of benzene rings is 2. The molecule has 0 fully saturated rings. The first-order valence-electron chi connectivity index (χ1n) is 5.84. The minimum Gasteiger partial charge on any atom is -0.319 e. The Balaban J connectivity index is 2.40. The molecule has 4 N–H and O–H groups in total. The third kappa shape index (κ3) is 2.95. The first kappa shape index (κ1) is 14.4. The van der Waals surface area contributed by atoms with Crippen molar-refractivity contribution in [2.45, 2.75) is 0 Å². The fourth-order valence-corrected chi connectivity index (χ4v) is 1.79. The molecule has 0 spiro atoms. The van der Waals surface area contributed by atoms with Crippen LogP contribution in [0.4, 0.5) is 21.5 Å². The Kier molecular flexibility index (Phi) is 4.10. The number of rotatable bonds is 4. The predicted octanol–water partition coefficient (Wildman–Crippen LogP) is 2.27. The van der Waals surface area contributed by atoms with Crippen LogP contribution in [0.25, 0.3) is 0 Å². The van der Waals surface area contributed by atoms with Crippen LogP contribution < -0.4 is 16.6 Å². The van der Waals surface area contributed by atoms with Crippen molar-refractivity contribution < 1.29 is 14.1 Å². The molecule has 0 bridgehead atoms. The number of nitrogens with two attached hydrogens (primary N) is 1. The van der Waals surface area contributed by atoms with Gasteiger partial charge >= 0.3 is 5.69 Å². The molecule has 108 valence electrons. The molecule has 0 aliphatic heterocycles. The molecule has 21 heavy (non-hydrogen) atoms. The molecule has 1 amide bonds. The Morgan fingerprint density at radius 1 is 1.14 bits per heavy atom. The molecule has 0 aliphatic carbocycles. The van der Waals surface area contributed by atoms with E-state index in [4.69, 9.17) is 5.84 Å². The maximum absolute atomic E-state index is 13.5. The number of halogens is 1. The number of hydrogen-bond donors (Lipinski definition) is 3. The molecule has 8 heteroatoms. The first-order chi connectivity index (χ1) is 10.0. The number of para-hydroxylation sites is 2. The molecular formula is C13H11FN4O3. The fourth-order valence-electron chi connectivity index (χ4n) is 1.79. The summed E-state index contributed by atoms with van der Waals surface area (Å²) in [4.78, 5) is 22.5. The second-order valence-corrected chi connectivity index (χ2v) is 4.04. The standard InChI is InChI=1S/C13H11FN4O3/c14-9-5-1-2-6-10(9)16-13(19)8-4-3-7-11(17-15)12(8)18(20)21/h1-7,17H,15H2,(H,16,19). The van der Waals surface area contributed by atoms with Crippen molar-refractivity contribution in [2.75, 3.05) is 10.7 Å². The lowest BCUT2D eigenvalue weighted by molar-refractivity contribution is -0.384. The quantitative estimate of drug-likeness (QED) is 0.454. The number of hydrogen-bond acceptors (Lipinski definition) is 5. The number of nitrogens with zero attached hydrogens (tertiary/aromatic N) is 1. The van der Waals surface area contributed by atoms with Crippen LogP contribution in [-0.4, -0.2) is 10.8 Å². The van der Waals surface area contributed by atoms with Gasteiger partial charge in [0.05, 0.1) is 10.6 Å². The van der Waals surface area contributed by atoms with Crippen LogP contribution in [0.15, 0.2) is 42.5 Å². The van der Waals surface area contributed by atoms with Crippen molar-refractivity contribution in [3.8, 4) is 0 Å². The number of nitro groups is 1. The molecule has 2 rings (SSSR count). The van der Waals surface area contributed by atoms with E-state index in [2.05, 4.69) is 10.7 Å². The maximum Gasteiger partial charge on any atom is 0.306 e. The zero-order valence-electron chi connectivity index (χ0n) is 10.7. The summed E-state index contributed by atoms with van der Waals surface area (Å²) in [7, 11) is 0. The number of nitrogens with one attached hydrogen (secondary N) is 2. The molecule has 0 radical (unpaired) electrons. The fraction of sp³-hybridized carbons (Fsp3) is 0. The number of amides is 1. The van der Waals surface area contributed by atoms with Crippen molar-refractivity contribution in [2.24, 2.45) is 5.84 Å². The van der Waals surface area contributed by atoms with E-state index in [-0.39, 0.29) is 16.9 Å². The molecule has 2 aromatic rings. The highest BCUT2D eigenvalue weighted by Crippen LogP contribution is 2.28. The molecule has 0 unspecified atom stereocenters. The Morgan fingerprint density at radius 3 is 2.43 bits per heavy atom. The lowest BCUT2D eigenvalue weighted by Gasteiger charge is -2.09. The summed E-state index contributed by atoms with van der Waals surface area (Å²) in [6.07, 6.45) is 0. The molecule has 0 atom stereocenters. The van der Waals surface area contributed by atoms with Crippen molar-refractivity contribution in [1.82, 2.24) is 0 Å². The molecule has 2 aromatic carbocycles. The van der Waals surface area contributed by atoms with Gasteiger partial charge in [0.1, 0.15) is 17.1 Å². The van der Waals surface area contributed by atoms with Crippen LogP contribution in [0.2, 0.25) is 0 Å². The Hall–Kier alpha value is -3.00. The number of carbonyl (C=O) groups excluding carboxylic acids is 1. The summed E-state index contributed by atoms with van der Waals surface area (Å²) in [6.45, 7) is 0. The van der Waals surface area contributed by atoms with Crippen LogP contribution >= 0.6 is 0 Å². The lowest BCUT2D eigenvalue weighted by Crippen LogP contribution is -2.17. The van der Waals surface area contributed by atoms with Gasteiger partial charge in [0.2, 0.25) is 0 Å². The third-order valence-electron chi connectivity index (χ3n) is 2.74. The third-order valence-corrected chi connectivity index (χ3v) is 2.74. The average molecular weight is 290 g/mol. The number of nitrogen functional groups attached to an aromatic ring is 1. The minimum absolute atomic E-state index is 0.0128. The van der Waals surface area contributed by atoms with Crippen LogP contribution in [0.3, 0.4) is 0 Å². The van der Waals surface area contributed by atoms with Crippen molar-refractivity contribution in [3.05, 3.63) is 64.0 Å². The first-order valence-corrected chi connectivity index (χ1v) is 5.84. The van der Waals surface area contributed by atoms with E-state index >= 15 is 0 Å². The van der Waals surface area contributed by atoms with E-state index in [1.165, 1.54) is 42.5 Å². The van der Waals surface area contributed by atoms with Gasteiger partial charge in [0.25, 0.3) is 5.91 Å². The summed E-state index contributed by atoms with van der Waals surface area (Å²) in [5.41, 5.74) is 1.37. The van der Waals surface area contributed by atoms with Gasteiger partial charge < -0.3 is 10.7 Å². The van der Waals surface area contributed by atoms with Crippen molar-refractivity contribution in [1.29, 1.82) is 0 Å². The average Bonchev–Trinajstić information content (AvgIpc) is 2.48. The Labute approximate surface area is 118 Å². The van der Waals surface area contributed by atoms with Gasteiger partial charge in [-0.2, -0.15) is 0 Å².